The number of nitrogens with two attached hydrogens (primary N) is 1. The summed E-state index contributed by atoms with van der Waals surface area (Å²) in [4.78, 5) is 12.0. The smallest absolute Gasteiger partial charge is 0.249 e. The lowest BCUT2D eigenvalue weighted by Gasteiger charge is -2.09. The quantitative estimate of drug-likeness (QED) is 0.588. The van der Waals surface area contributed by atoms with Gasteiger partial charge >= 0.3 is 0 Å². The molecule has 0 unspecified atom stereocenters. The number of aromatic nitrogens is 1. The Morgan fingerprint density at radius 3 is 2.44 bits per heavy atom. The van der Waals surface area contributed by atoms with Crippen LogP contribution in [-0.4, -0.2) is 15.6 Å². The summed E-state index contributed by atoms with van der Waals surface area (Å²) in [7, 11) is 0. The van der Waals surface area contributed by atoms with Crippen molar-refractivity contribution in [3.05, 3.63) is 82.9 Å². The Kier molecular flexibility index (Phi) is 4.11. The van der Waals surface area contributed by atoms with E-state index in [0.717, 1.165) is 32.9 Å². The zero-order valence-corrected chi connectivity index (χ0v) is 14.5. The van der Waals surface area contributed by atoms with E-state index in [1.54, 1.807) is 18.2 Å². The van der Waals surface area contributed by atoms with Gasteiger partial charge in [-0.1, -0.05) is 30.3 Å². The first kappa shape index (κ1) is 16.8. The van der Waals surface area contributed by atoms with E-state index in [2.05, 4.69) is 10.6 Å². The van der Waals surface area contributed by atoms with E-state index in [-0.39, 0.29) is 6.61 Å². The maximum absolute atomic E-state index is 12.0. The van der Waals surface area contributed by atoms with Gasteiger partial charge in [-0.05, 0) is 41.5 Å². The lowest BCUT2D eigenvalue weighted by molar-refractivity contribution is 0.100. The van der Waals surface area contributed by atoms with Crippen molar-refractivity contribution in [2.24, 2.45) is 5.73 Å². The van der Waals surface area contributed by atoms with Crippen LogP contribution in [0, 0.1) is 11.3 Å². The first-order valence-corrected chi connectivity index (χ1v) is 8.56. The second kappa shape index (κ2) is 6.60. The average Bonchev–Trinajstić information content (AvgIpc) is 3.01. The van der Waals surface area contributed by atoms with Crippen LogP contribution in [0.3, 0.4) is 0 Å². The van der Waals surface area contributed by atoms with Crippen molar-refractivity contribution in [3.63, 3.8) is 0 Å². The monoisotopic (exact) mass is 355 g/mol. The summed E-state index contributed by atoms with van der Waals surface area (Å²) in [5.41, 5.74) is 10.4. The summed E-state index contributed by atoms with van der Waals surface area (Å²) >= 11 is 0. The Hall–Kier alpha value is -3.62. The second-order valence-corrected chi connectivity index (χ2v) is 6.47. The van der Waals surface area contributed by atoms with Gasteiger partial charge in [0.05, 0.1) is 23.8 Å². The summed E-state index contributed by atoms with van der Waals surface area (Å²) < 4.78 is 2.11. The molecule has 3 N–H and O–H groups in total. The van der Waals surface area contributed by atoms with Gasteiger partial charge in [0, 0.05) is 28.4 Å². The minimum Gasteiger partial charge on any atom is -0.392 e. The number of carbonyl (C=O) groups is 1. The summed E-state index contributed by atoms with van der Waals surface area (Å²) in [5.74, 6) is -0.468. The van der Waals surface area contributed by atoms with Gasteiger partial charge in [0.1, 0.15) is 0 Å². The molecular formula is C22H17N3O2. The number of benzene rings is 3. The summed E-state index contributed by atoms with van der Waals surface area (Å²) in [5, 5.41) is 20.3. The van der Waals surface area contributed by atoms with Gasteiger partial charge in [-0.15, -0.1) is 0 Å². The SMILES string of the molecule is N#Cc1ccc(Cn2c3cc(CO)ccc3c3c(C(N)=O)cccc32)cc1. The van der Waals surface area contributed by atoms with E-state index in [0.29, 0.717) is 17.7 Å². The number of hydrogen-bond acceptors (Lipinski definition) is 3. The topological polar surface area (TPSA) is 92.0 Å². The molecule has 4 rings (SSSR count). The van der Waals surface area contributed by atoms with Gasteiger partial charge in [-0.2, -0.15) is 5.26 Å². The van der Waals surface area contributed by atoms with Crippen LogP contribution in [0.4, 0.5) is 0 Å². The number of aliphatic hydroxyl groups is 1. The molecule has 5 heteroatoms. The van der Waals surface area contributed by atoms with Crippen molar-refractivity contribution in [2.45, 2.75) is 13.2 Å². The molecule has 132 valence electrons. The Morgan fingerprint density at radius 1 is 1.04 bits per heavy atom. The number of amides is 1. The summed E-state index contributed by atoms with van der Waals surface area (Å²) in [6.07, 6.45) is 0. The molecule has 0 atom stereocenters. The number of aliphatic hydroxyl groups excluding tert-OH is 1. The Balaban J connectivity index is 1.99. The Bertz CT molecular complexity index is 1210. The standard InChI is InChI=1S/C22H17N3O2/c23-11-14-4-6-15(7-5-14)12-25-19-3-1-2-18(22(24)27)21(19)17-9-8-16(13-26)10-20(17)25/h1-10,26H,12-13H2,(H2,24,27). The molecule has 0 aliphatic rings. The fourth-order valence-electron chi connectivity index (χ4n) is 3.53. The van der Waals surface area contributed by atoms with E-state index in [1.807, 2.05) is 42.5 Å². The zero-order valence-electron chi connectivity index (χ0n) is 14.5. The van der Waals surface area contributed by atoms with Crippen LogP contribution in [0.25, 0.3) is 21.8 Å². The third-order valence-corrected chi connectivity index (χ3v) is 4.83. The van der Waals surface area contributed by atoms with Crippen LogP contribution in [0.1, 0.15) is 27.0 Å². The molecule has 0 radical (unpaired) electrons. The fraction of sp³-hybridized carbons (Fsp3) is 0.0909. The van der Waals surface area contributed by atoms with Crippen molar-refractivity contribution in [2.75, 3.05) is 0 Å². The molecule has 0 saturated carbocycles. The van der Waals surface area contributed by atoms with E-state index in [1.165, 1.54) is 0 Å². The molecular weight excluding hydrogens is 338 g/mol. The molecule has 1 aromatic heterocycles. The Morgan fingerprint density at radius 2 is 1.78 bits per heavy atom. The molecule has 0 aliphatic heterocycles. The number of nitriles is 1. The van der Waals surface area contributed by atoms with Crippen LogP contribution < -0.4 is 5.73 Å². The fourth-order valence-corrected chi connectivity index (χ4v) is 3.53. The highest BCUT2D eigenvalue weighted by molar-refractivity contribution is 6.17. The van der Waals surface area contributed by atoms with Crippen LogP contribution in [0.2, 0.25) is 0 Å². The molecule has 0 spiro atoms. The number of nitrogens with zero attached hydrogens (tertiary/aromatic N) is 2. The largest absolute Gasteiger partial charge is 0.392 e. The van der Waals surface area contributed by atoms with Gasteiger partial charge in [0.2, 0.25) is 5.91 Å². The number of hydrogen-bond donors (Lipinski definition) is 2. The van der Waals surface area contributed by atoms with Crippen molar-refractivity contribution in [1.82, 2.24) is 4.57 Å². The third kappa shape index (κ3) is 2.82. The first-order chi connectivity index (χ1) is 13.1. The first-order valence-electron chi connectivity index (χ1n) is 8.56. The predicted molar refractivity (Wildman–Crippen MR) is 104 cm³/mol. The molecule has 1 amide bonds. The van der Waals surface area contributed by atoms with Gasteiger partial charge in [-0.3, -0.25) is 4.79 Å². The van der Waals surface area contributed by atoms with Gasteiger partial charge in [-0.25, -0.2) is 0 Å². The number of fused-ring (bicyclic) bond motifs is 3. The Labute approximate surface area is 155 Å². The summed E-state index contributed by atoms with van der Waals surface area (Å²) in [6.45, 7) is 0.514. The van der Waals surface area contributed by atoms with Crippen LogP contribution in [-0.2, 0) is 13.2 Å². The highest BCUT2D eigenvalue weighted by Crippen LogP contribution is 2.33. The molecule has 5 nitrogen and oxygen atoms in total. The predicted octanol–water partition coefficient (Wildman–Crippen LogP) is 3.31. The number of primary amides is 1. The summed E-state index contributed by atoms with van der Waals surface area (Å²) in [6, 6.07) is 20.8. The maximum atomic E-state index is 12.0. The van der Waals surface area contributed by atoms with E-state index >= 15 is 0 Å². The van der Waals surface area contributed by atoms with Crippen LogP contribution in [0.15, 0.2) is 60.7 Å². The molecule has 3 aromatic carbocycles. The highest BCUT2D eigenvalue weighted by Gasteiger charge is 2.16. The van der Waals surface area contributed by atoms with Crippen molar-refractivity contribution in [3.8, 4) is 6.07 Å². The highest BCUT2D eigenvalue weighted by atomic mass is 16.3. The van der Waals surface area contributed by atoms with Crippen molar-refractivity contribution >= 4 is 27.7 Å². The maximum Gasteiger partial charge on any atom is 0.249 e. The number of rotatable bonds is 4. The molecule has 0 saturated heterocycles. The minimum atomic E-state index is -0.468. The van der Waals surface area contributed by atoms with Crippen LogP contribution in [0.5, 0.6) is 0 Å². The van der Waals surface area contributed by atoms with Crippen molar-refractivity contribution < 1.29 is 9.90 Å². The van der Waals surface area contributed by atoms with Crippen molar-refractivity contribution in [1.29, 1.82) is 5.26 Å². The lowest BCUT2D eigenvalue weighted by Crippen LogP contribution is -2.11. The molecule has 27 heavy (non-hydrogen) atoms. The van der Waals surface area contributed by atoms with Gasteiger partial charge in [0.15, 0.2) is 0 Å². The second-order valence-electron chi connectivity index (χ2n) is 6.47. The van der Waals surface area contributed by atoms with E-state index in [9.17, 15) is 9.90 Å². The van der Waals surface area contributed by atoms with E-state index in [4.69, 9.17) is 11.0 Å². The average molecular weight is 355 g/mol. The van der Waals surface area contributed by atoms with E-state index < -0.39 is 5.91 Å². The number of carbonyl (C=O) groups excluding carboxylic acids is 1. The molecule has 0 fully saturated rings. The third-order valence-electron chi connectivity index (χ3n) is 4.83. The zero-order chi connectivity index (χ0) is 19.0. The normalized spacial score (nSPS) is 11.0. The molecule has 1 heterocycles. The lowest BCUT2D eigenvalue weighted by atomic mass is 10.0. The van der Waals surface area contributed by atoms with Gasteiger partial charge in [0.25, 0.3) is 0 Å². The molecule has 0 bridgehead atoms. The van der Waals surface area contributed by atoms with Crippen LogP contribution >= 0.6 is 0 Å². The van der Waals surface area contributed by atoms with Gasteiger partial charge < -0.3 is 15.4 Å². The molecule has 0 aliphatic carbocycles. The molecule has 4 aromatic rings. The minimum absolute atomic E-state index is 0.0585.